The molecule has 2 aromatic carbocycles. The first kappa shape index (κ1) is 13.2. The molecule has 21 heavy (non-hydrogen) atoms. The van der Waals surface area contributed by atoms with Crippen molar-refractivity contribution in [3.8, 4) is 0 Å². The number of aromatic nitrogens is 1. The third kappa shape index (κ3) is 2.60. The topological polar surface area (TPSA) is 54.2 Å². The quantitative estimate of drug-likeness (QED) is 0.718. The number of rotatable bonds is 3. The molecule has 0 spiro atoms. The fourth-order valence-electron chi connectivity index (χ4n) is 2.31. The fraction of sp³-hybridized carbons (Fsp3) is 0.118. The Hall–Kier alpha value is -2.75. The fourth-order valence-corrected chi connectivity index (χ4v) is 2.31. The minimum absolute atomic E-state index is 0.741. The van der Waals surface area contributed by atoms with Crippen molar-refractivity contribution in [2.24, 2.45) is 0 Å². The summed E-state index contributed by atoms with van der Waals surface area (Å²) < 4.78 is 0. The highest BCUT2D eigenvalue weighted by Gasteiger charge is 2.06. The van der Waals surface area contributed by atoms with Crippen molar-refractivity contribution >= 4 is 33.7 Å². The van der Waals surface area contributed by atoms with E-state index in [1.807, 2.05) is 50.5 Å². The monoisotopic (exact) mass is 278 g/mol. The lowest BCUT2D eigenvalue weighted by Crippen LogP contribution is -2.08. The van der Waals surface area contributed by atoms with Crippen molar-refractivity contribution in [1.29, 1.82) is 0 Å². The summed E-state index contributed by atoms with van der Waals surface area (Å²) in [6.07, 6.45) is 1.78. The number of pyridine rings is 1. The van der Waals surface area contributed by atoms with Crippen molar-refractivity contribution in [1.82, 2.24) is 4.98 Å². The van der Waals surface area contributed by atoms with Gasteiger partial charge in [-0.25, -0.2) is 0 Å². The van der Waals surface area contributed by atoms with Crippen LogP contribution in [-0.4, -0.2) is 19.1 Å². The van der Waals surface area contributed by atoms with Gasteiger partial charge in [-0.05, 0) is 42.5 Å². The van der Waals surface area contributed by atoms with Crippen molar-refractivity contribution in [2.75, 3.05) is 30.0 Å². The Morgan fingerprint density at radius 2 is 1.90 bits per heavy atom. The summed E-state index contributed by atoms with van der Waals surface area (Å²) in [4.78, 5) is 6.52. The Morgan fingerprint density at radius 1 is 1.05 bits per heavy atom. The maximum atomic E-state index is 6.01. The molecule has 0 aliphatic rings. The number of fused-ring (bicyclic) bond motifs is 1. The maximum Gasteiger partial charge on any atom is 0.0957 e. The molecule has 3 N–H and O–H groups in total. The zero-order chi connectivity index (χ0) is 14.8. The van der Waals surface area contributed by atoms with E-state index in [-0.39, 0.29) is 0 Å². The molecule has 0 aliphatic carbocycles. The van der Waals surface area contributed by atoms with Gasteiger partial charge in [0.15, 0.2) is 0 Å². The van der Waals surface area contributed by atoms with E-state index < -0.39 is 0 Å². The normalized spacial score (nSPS) is 10.6. The molecule has 1 heterocycles. The molecule has 0 fully saturated rings. The molecule has 0 aliphatic heterocycles. The largest absolute Gasteiger partial charge is 0.398 e. The van der Waals surface area contributed by atoms with Gasteiger partial charge in [0.25, 0.3) is 0 Å². The van der Waals surface area contributed by atoms with E-state index in [9.17, 15) is 0 Å². The number of nitrogens with one attached hydrogen (secondary N) is 1. The van der Waals surface area contributed by atoms with Gasteiger partial charge in [0, 0.05) is 42.7 Å². The standard InChI is InChI=1S/C17H18N4/c1-21(2)13-6-3-5-12(11-13)20-16-9-8-15(18)14-7-4-10-19-17(14)16/h3-11,20H,18H2,1-2H3. The van der Waals surface area contributed by atoms with Crippen LogP contribution in [-0.2, 0) is 0 Å². The van der Waals surface area contributed by atoms with Crippen molar-refractivity contribution in [2.45, 2.75) is 0 Å². The van der Waals surface area contributed by atoms with Crippen molar-refractivity contribution in [3.63, 3.8) is 0 Å². The van der Waals surface area contributed by atoms with Crippen LogP contribution in [0.4, 0.5) is 22.7 Å². The summed E-state index contributed by atoms with van der Waals surface area (Å²) in [5.41, 5.74) is 10.8. The molecular weight excluding hydrogens is 260 g/mol. The molecule has 4 heteroatoms. The summed E-state index contributed by atoms with van der Waals surface area (Å²) in [5.74, 6) is 0. The number of nitrogens with zero attached hydrogens (tertiary/aromatic N) is 2. The molecular formula is C17H18N4. The van der Waals surface area contributed by atoms with Crippen LogP contribution in [0.5, 0.6) is 0 Å². The van der Waals surface area contributed by atoms with E-state index in [0.717, 1.165) is 33.7 Å². The van der Waals surface area contributed by atoms with Crippen LogP contribution in [0, 0.1) is 0 Å². The van der Waals surface area contributed by atoms with Crippen molar-refractivity contribution in [3.05, 3.63) is 54.7 Å². The van der Waals surface area contributed by atoms with Crippen LogP contribution in [0.1, 0.15) is 0 Å². The van der Waals surface area contributed by atoms with E-state index in [4.69, 9.17) is 5.73 Å². The zero-order valence-corrected chi connectivity index (χ0v) is 12.2. The van der Waals surface area contributed by atoms with Crippen LogP contribution in [0.3, 0.4) is 0 Å². The first-order chi connectivity index (χ1) is 10.1. The SMILES string of the molecule is CN(C)c1cccc(Nc2ccc(N)c3cccnc23)c1. The van der Waals surface area contributed by atoms with Gasteiger partial charge in [-0.1, -0.05) is 6.07 Å². The molecule has 0 atom stereocenters. The first-order valence-corrected chi connectivity index (χ1v) is 6.83. The van der Waals surface area contributed by atoms with E-state index in [1.165, 1.54) is 0 Å². The van der Waals surface area contributed by atoms with Gasteiger partial charge >= 0.3 is 0 Å². The van der Waals surface area contributed by atoms with Gasteiger partial charge in [-0.15, -0.1) is 0 Å². The van der Waals surface area contributed by atoms with Crippen LogP contribution in [0.25, 0.3) is 10.9 Å². The number of benzene rings is 2. The number of hydrogen-bond acceptors (Lipinski definition) is 4. The average molecular weight is 278 g/mol. The van der Waals surface area contributed by atoms with Crippen LogP contribution < -0.4 is 16.0 Å². The highest BCUT2D eigenvalue weighted by molar-refractivity contribution is 5.99. The van der Waals surface area contributed by atoms with Gasteiger partial charge in [0.1, 0.15) is 0 Å². The Balaban J connectivity index is 2.02. The third-order valence-electron chi connectivity index (χ3n) is 3.44. The molecule has 0 unspecified atom stereocenters. The minimum Gasteiger partial charge on any atom is -0.398 e. The van der Waals surface area contributed by atoms with Gasteiger partial charge in [-0.2, -0.15) is 0 Å². The summed E-state index contributed by atoms with van der Waals surface area (Å²) >= 11 is 0. The molecule has 3 rings (SSSR count). The molecule has 106 valence electrons. The first-order valence-electron chi connectivity index (χ1n) is 6.83. The predicted molar refractivity (Wildman–Crippen MR) is 90.2 cm³/mol. The summed E-state index contributed by atoms with van der Waals surface area (Å²) in [7, 11) is 4.05. The van der Waals surface area contributed by atoms with E-state index >= 15 is 0 Å². The number of anilines is 4. The van der Waals surface area contributed by atoms with Crippen molar-refractivity contribution < 1.29 is 0 Å². The molecule has 3 aromatic rings. The summed E-state index contributed by atoms with van der Waals surface area (Å²) in [6, 6.07) is 16.0. The molecule has 4 nitrogen and oxygen atoms in total. The maximum absolute atomic E-state index is 6.01. The van der Waals surface area contributed by atoms with Crippen LogP contribution in [0.15, 0.2) is 54.7 Å². The van der Waals surface area contributed by atoms with E-state index in [0.29, 0.717) is 0 Å². The molecule has 0 saturated carbocycles. The average Bonchev–Trinajstić information content (AvgIpc) is 2.51. The zero-order valence-electron chi connectivity index (χ0n) is 12.2. The molecule has 0 bridgehead atoms. The van der Waals surface area contributed by atoms with E-state index in [1.54, 1.807) is 6.20 Å². The minimum atomic E-state index is 0.741. The molecule has 0 saturated heterocycles. The van der Waals surface area contributed by atoms with Gasteiger partial charge < -0.3 is 16.0 Å². The lowest BCUT2D eigenvalue weighted by molar-refractivity contribution is 1.13. The molecule has 0 radical (unpaired) electrons. The number of nitrogens with two attached hydrogens (primary N) is 1. The smallest absolute Gasteiger partial charge is 0.0957 e. The van der Waals surface area contributed by atoms with Gasteiger partial charge in [0.2, 0.25) is 0 Å². The van der Waals surface area contributed by atoms with Gasteiger partial charge in [0.05, 0.1) is 11.2 Å². The number of nitrogen functional groups attached to an aromatic ring is 1. The van der Waals surface area contributed by atoms with E-state index in [2.05, 4.69) is 27.3 Å². The Kier molecular flexibility index (Phi) is 3.36. The van der Waals surface area contributed by atoms with Gasteiger partial charge in [-0.3, -0.25) is 4.98 Å². The lowest BCUT2D eigenvalue weighted by atomic mass is 10.1. The third-order valence-corrected chi connectivity index (χ3v) is 3.44. The lowest BCUT2D eigenvalue weighted by Gasteiger charge is -2.15. The molecule has 1 aromatic heterocycles. The highest BCUT2D eigenvalue weighted by Crippen LogP contribution is 2.29. The Morgan fingerprint density at radius 3 is 2.71 bits per heavy atom. The second kappa shape index (κ2) is 5.32. The highest BCUT2D eigenvalue weighted by atomic mass is 15.1. The van der Waals surface area contributed by atoms with Crippen LogP contribution in [0.2, 0.25) is 0 Å². The summed E-state index contributed by atoms with van der Waals surface area (Å²) in [6.45, 7) is 0. The second-order valence-electron chi connectivity index (χ2n) is 5.17. The Bertz CT molecular complexity index is 781. The predicted octanol–water partition coefficient (Wildman–Crippen LogP) is 3.63. The second-order valence-corrected chi connectivity index (χ2v) is 5.17. The number of hydrogen-bond donors (Lipinski definition) is 2. The summed E-state index contributed by atoms with van der Waals surface area (Å²) in [5, 5.41) is 4.39. The molecule has 0 amide bonds. The Labute approximate surface area is 124 Å². The van der Waals surface area contributed by atoms with Crippen LogP contribution >= 0.6 is 0 Å².